The van der Waals surface area contributed by atoms with Crippen LogP contribution in [0.1, 0.15) is 5.56 Å². The molecular formula is C22H22F3N3O4S2. The molecule has 0 radical (unpaired) electrons. The van der Waals surface area contributed by atoms with Crippen molar-refractivity contribution in [3.05, 3.63) is 53.4 Å². The number of benzene rings is 2. The molecule has 1 aliphatic rings. The summed E-state index contributed by atoms with van der Waals surface area (Å²) in [5.41, 5.74) is 0.567. The number of aromatic nitrogens is 1. The van der Waals surface area contributed by atoms with Gasteiger partial charge in [-0.2, -0.15) is 17.5 Å². The molecule has 4 rings (SSSR count). The van der Waals surface area contributed by atoms with E-state index in [1.54, 1.807) is 20.3 Å². The first-order valence-corrected chi connectivity index (χ1v) is 12.5. The second-order valence-corrected chi connectivity index (χ2v) is 10.3. The molecule has 2 aromatic carbocycles. The third-order valence-corrected chi connectivity index (χ3v) is 8.24. The van der Waals surface area contributed by atoms with Crippen molar-refractivity contribution in [2.24, 2.45) is 0 Å². The highest BCUT2D eigenvalue weighted by Gasteiger charge is 2.34. The highest BCUT2D eigenvalue weighted by molar-refractivity contribution is 7.89. The molecule has 1 aromatic heterocycles. The first-order valence-electron chi connectivity index (χ1n) is 10.2. The number of sulfonamides is 1. The van der Waals surface area contributed by atoms with Gasteiger partial charge in [-0.1, -0.05) is 6.07 Å². The Kier molecular flexibility index (Phi) is 6.74. The van der Waals surface area contributed by atoms with Crippen LogP contribution in [0.4, 0.5) is 18.3 Å². The molecule has 0 spiro atoms. The Morgan fingerprint density at radius 3 is 2.21 bits per heavy atom. The van der Waals surface area contributed by atoms with E-state index in [9.17, 15) is 21.6 Å². The van der Waals surface area contributed by atoms with Crippen molar-refractivity contribution in [2.75, 3.05) is 45.3 Å². The molecule has 3 aromatic rings. The van der Waals surface area contributed by atoms with Gasteiger partial charge >= 0.3 is 6.18 Å². The van der Waals surface area contributed by atoms with Crippen LogP contribution in [0.5, 0.6) is 11.5 Å². The standard InChI is InChI=1S/C22H22F3N3O4S2/c1-31-17-10-15(11-18(13-17)32-2)20-14-33-21(26-20)27-6-8-28(9-7-27)34(29,30)19-5-3-4-16(12-19)22(23,24)25/h3-5,10-14H,6-9H2,1-2H3. The van der Waals surface area contributed by atoms with Gasteiger partial charge in [0.1, 0.15) is 11.5 Å². The van der Waals surface area contributed by atoms with Crippen LogP contribution in [0.15, 0.2) is 52.7 Å². The molecule has 0 amide bonds. The van der Waals surface area contributed by atoms with Crippen LogP contribution >= 0.6 is 11.3 Å². The molecule has 12 heteroatoms. The topological polar surface area (TPSA) is 72.0 Å². The number of thiazole rings is 1. The third kappa shape index (κ3) is 4.98. The normalized spacial score (nSPS) is 15.4. The molecule has 1 fully saturated rings. The number of anilines is 1. The zero-order valence-electron chi connectivity index (χ0n) is 18.4. The van der Waals surface area contributed by atoms with E-state index in [0.29, 0.717) is 30.7 Å². The van der Waals surface area contributed by atoms with Gasteiger partial charge < -0.3 is 14.4 Å². The fourth-order valence-corrected chi connectivity index (χ4v) is 5.96. The van der Waals surface area contributed by atoms with Gasteiger partial charge in [0.15, 0.2) is 5.13 Å². The van der Waals surface area contributed by atoms with Crippen molar-refractivity contribution in [1.29, 1.82) is 0 Å². The number of rotatable bonds is 6. The fraction of sp³-hybridized carbons (Fsp3) is 0.318. The number of methoxy groups -OCH3 is 2. The monoisotopic (exact) mass is 513 g/mol. The Hall–Kier alpha value is -2.83. The Morgan fingerprint density at radius 2 is 1.62 bits per heavy atom. The van der Waals surface area contributed by atoms with Crippen LogP contribution in [0.2, 0.25) is 0 Å². The minimum absolute atomic E-state index is 0.139. The van der Waals surface area contributed by atoms with Crippen LogP contribution in [-0.2, 0) is 16.2 Å². The Morgan fingerprint density at radius 1 is 0.971 bits per heavy atom. The lowest BCUT2D eigenvalue weighted by atomic mass is 10.1. The average Bonchev–Trinajstić information content (AvgIpc) is 3.34. The smallest absolute Gasteiger partial charge is 0.416 e. The lowest BCUT2D eigenvalue weighted by Gasteiger charge is -2.33. The van der Waals surface area contributed by atoms with E-state index in [1.165, 1.54) is 21.7 Å². The lowest BCUT2D eigenvalue weighted by Crippen LogP contribution is -2.48. The molecule has 182 valence electrons. The number of halogens is 3. The molecule has 1 saturated heterocycles. The molecule has 1 aliphatic heterocycles. The molecule has 0 bridgehead atoms. The lowest BCUT2D eigenvalue weighted by molar-refractivity contribution is -0.137. The van der Waals surface area contributed by atoms with Crippen molar-refractivity contribution in [2.45, 2.75) is 11.1 Å². The van der Waals surface area contributed by atoms with Crippen LogP contribution < -0.4 is 14.4 Å². The third-order valence-electron chi connectivity index (χ3n) is 5.45. The summed E-state index contributed by atoms with van der Waals surface area (Å²) in [6, 6.07) is 9.29. The predicted octanol–water partition coefficient (Wildman–Crippen LogP) is 4.36. The van der Waals surface area contributed by atoms with Gasteiger partial charge in [0, 0.05) is 43.2 Å². The molecular weight excluding hydrogens is 491 g/mol. The zero-order valence-corrected chi connectivity index (χ0v) is 20.0. The van der Waals surface area contributed by atoms with Crippen molar-refractivity contribution in [3.63, 3.8) is 0 Å². The van der Waals surface area contributed by atoms with Gasteiger partial charge in [-0.15, -0.1) is 11.3 Å². The number of ether oxygens (including phenoxy) is 2. The molecule has 7 nitrogen and oxygen atoms in total. The number of nitrogens with zero attached hydrogens (tertiary/aromatic N) is 3. The number of piperazine rings is 1. The quantitative estimate of drug-likeness (QED) is 0.488. The van der Waals surface area contributed by atoms with Gasteiger partial charge in [0.2, 0.25) is 10.0 Å². The number of hydrogen-bond acceptors (Lipinski definition) is 7. The zero-order chi connectivity index (χ0) is 24.5. The van der Waals surface area contributed by atoms with E-state index in [-0.39, 0.29) is 18.0 Å². The van der Waals surface area contributed by atoms with Gasteiger partial charge in [0.25, 0.3) is 0 Å². The number of hydrogen-bond donors (Lipinski definition) is 0. The maximum absolute atomic E-state index is 13.0. The maximum atomic E-state index is 13.0. The SMILES string of the molecule is COc1cc(OC)cc(-c2csc(N3CCN(S(=O)(=O)c4cccc(C(F)(F)F)c4)CC3)n2)c1. The van der Waals surface area contributed by atoms with Crippen LogP contribution in [0.3, 0.4) is 0 Å². The summed E-state index contributed by atoms with van der Waals surface area (Å²) in [6.07, 6.45) is -4.61. The molecule has 0 N–H and O–H groups in total. The van der Waals surface area contributed by atoms with Crippen LogP contribution in [-0.4, -0.2) is 58.1 Å². The first-order chi connectivity index (χ1) is 16.1. The van der Waals surface area contributed by atoms with Crippen molar-refractivity contribution in [1.82, 2.24) is 9.29 Å². The molecule has 0 saturated carbocycles. The summed E-state index contributed by atoms with van der Waals surface area (Å²) in [7, 11) is -0.907. The minimum atomic E-state index is -4.61. The predicted molar refractivity (Wildman–Crippen MR) is 123 cm³/mol. The highest BCUT2D eigenvalue weighted by Crippen LogP contribution is 2.34. The van der Waals surface area contributed by atoms with E-state index in [4.69, 9.17) is 9.47 Å². The summed E-state index contributed by atoms with van der Waals surface area (Å²) in [5.74, 6) is 1.27. The van der Waals surface area contributed by atoms with E-state index in [0.717, 1.165) is 28.5 Å². The van der Waals surface area contributed by atoms with Crippen molar-refractivity contribution in [3.8, 4) is 22.8 Å². The fourth-order valence-electron chi connectivity index (χ4n) is 3.60. The van der Waals surface area contributed by atoms with Gasteiger partial charge in [-0.3, -0.25) is 0 Å². The van der Waals surface area contributed by atoms with Crippen molar-refractivity contribution < 1.29 is 31.1 Å². The summed E-state index contributed by atoms with van der Waals surface area (Å²) < 4.78 is 76.7. The van der Waals surface area contributed by atoms with Gasteiger partial charge in [-0.25, -0.2) is 13.4 Å². The molecule has 34 heavy (non-hydrogen) atoms. The highest BCUT2D eigenvalue weighted by atomic mass is 32.2. The molecule has 0 aliphatic carbocycles. The van der Waals surface area contributed by atoms with E-state index in [2.05, 4.69) is 4.98 Å². The minimum Gasteiger partial charge on any atom is -0.497 e. The largest absolute Gasteiger partial charge is 0.497 e. The summed E-state index contributed by atoms with van der Waals surface area (Å²) >= 11 is 1.43. The molecule has 0 atom stereocenters. The maximum Gasteiger partial charge on any atom is 0.416 e. The van der Waals surface area contributed by atoms with Crippen molar-refractivity contribution >= 4 is 26.5 Å². The second-order valence-electron chi connectivity index (χ2n) is 7.53. The van der Waals surface area contributed by atoms with Gasteiger partial charge in [-0.05, 0) is 30.3 Å². The summed E-state index contributed by atoms with van der Waals surface area (Å²) in [5, 5.41) is 2.63. The Bertz CT molecular complexity index is 1250. The van der Waals surface area contributed by atoms with Crippen LogP contribution in [0, 0.1) is 0 Å². The second kappa shape index (κ2) is 9.43. The average molecular weight is 514 g/mol. The van der Waals surface area contributed by atoms with Crippen LogP contribution in [0.25, 0.3) is 11.3 Å². The Balaban J connectivity index is 1.47. The summed E-state index contributed by atoms with van der Waals surface area (Å²) in [6.45, 7) is 1.01. The van der Waals surface area contributed by atoms with E-state index in [1.807, 2.05) is 22.4 Å². The number of alkyl halides is 3. The summed E-state index contributed by atoms with van der Waals surface area (Å²) in [4.78, 5) is 6.28. The molecule has 0 unspecified atom stereocenters. The van der Waals surface area contributed by atoms with E-state index >= 15 is 0 Å². The first kappa shape index (κ1) is 24.3. The van der Waals surface area contributed by atoms with Gasteiger partial charge in [0.05, 0.1) is 30.4 Å². The Labute approximate surface area is 199 Å². The molecule has 2 heterocycles. The van der Waals surface area contributed by atoms with E-state index < -0.39 is 21.8 Å².